The summed E-state index contributed by atoms with van der Waals surface area (Å²) in [4.78, 5) is 4.29. The number of anilines is 2. The third-order valence-electron chi connectivity index (χ3n) is 2.83. The smallest absolute Gasteiger partial charge is 0.103 e. The molecule has 19 heavy (non-hydrogen) atoms. The van der Waals surface area contributed by atoms with Gasteiger partial charge in [0.05, 0.1) is 27.7 Å². The molecule has 0 saturated carbocycles. The van der Waals surface area contributed by atoms with E-state index in [9.17, 15) is 5.26 Å². The van der Waals surface area contributed by atoms with E-state index in [0.717, 1.165) is 22.6 Å². The lowest BCUT2D eigenvalue weighted by Crippen LogP contribution is -2.00. The molecule has 0 amide bonds. The van der Waals surface area contributed by atoms with Crippen LogP contribution in [0.3, 0.4) is 0 Å². The molecule has 0 aliphatic carbocycles. The second-order valence-corrected chi connectivity index (χ2v) is 4.90. The fourth-order valence-corrected chi connectivity index (χ4v) is 2.11. The summed E-state index contributed by atoms with van der Waals surface area (Å²) in [5, 5.41) is 13.1. The zero-order chi connectivity index (χ0) is 14.0. The third-order valence-corrected chi connectivity index (χ3v) is 3.16. The van der Waals surface area contributed by atoms with Crippen LogP contribution in [0.15, 0.2) is 24.3 Å². The molecule has 1 N–H and O–H groups in total. The normalized spacial score (nSPS) is 10.1. The Morgan fingerprint density at radius 1 is 1.16 bits per heavy atom. The van der Waals surface area contributed by atoms with Crippen molar-refractivity contribution in [3.05, 3.63) is 51.8 Å². The molecule has 0 atom stereocenters. The van der Waals surface area contributed by atoms with E-state index < -0.39 is 0 Å². The fourth-order valence-electron chi connectivity index (χ4n) is 1.95. The summed E-state index contributed by atoms with van der Waals surface area (Å²) in [5.74, 6) is 0. The lowest BCUT2D eigenvalue weighted by Gasteiger charge is -2.12. The maximum absolute atomic E-state index is 9.23. The lowest BCUT2D eigenvalue weighted by molar-refractivity contribution is 1.11. The maximum Gasteiger partial charge on any atom is 0.103 e. The van der Waals surface area contributed by atoms with Gasteiger partial charge in [0.25, 0.3) is 0 Å². The molecule has 1 heterocycles. The van der Waals surface area contributed by atoms with Gasteiger partial charge < -0.3 is 5.32 Å². The van der Waals surface area contributed by atoms with Crippen LogP contribution in [-0.2, 0) is 0 Å². The van der Waals surface area contributed by atoms with Gasteiger partial charge in [0.1, 0.15) is 6.07 Å². The van der Waals surface area contributed by atoms with E-state index in [1.165, 1.54) is 0 Å². The molecule has 1 aromatic carbocycles. The zero-order valence-electron chi connectivity index (χ0n) is 11.1. The number of benzene rings is 1. The van der Waals surface area contributed by atoms with E-state index >= 15 is 0 Å². The highest BCUT2D eigenvalue weighted by atomic mass is 35.5. The predicted octanol–water partition coefficient (Wildman–Crippen LogP) is 4.28. The molecule has 96 valence electrons. The monoisotopic (exact) mass is 271 g/mol. The highest BCUT2D eigenvalue weighted by Gasteiger charge is 2.09. The Morgan fingerprint density at radius 3 is 2.58 bits per heavy atom. The van der Waals surface area contributed by atoms with Crippen LogP contribution in [-0.4, -0.2) is 4.98 Å². The van der Waals surface area contributed by atoms with Crippen molar-refractivity contribution in [3.8, 4) is 6.07 Å². The SMILES string of the molecule is Cc1ccc(Cl)c(Nc2cc(C)nc(C)c2C#N)c1. The molecule has 4 heteroatoms. The molecule has 0 radical (unpaired) electrons. The van der Waals surface area contributed by atoms with E-state index in [0.29, 0.717) is 16.3 Å². The molecule has 1 aromatic heterocycles. The summed E-state index contributed by atoms with van der Waals surface area (Å²) < 4.78 is 0. The molecule has 2 rings (SSSR count). The molecular weight excluding hydrogens is 258 g/mol. The molecule has 0 aliphatic rings. The quantitative estimate of drug-likeness (QED) is 0.887. The first-order valence-corrected chi connectivity index (χ1v) is 6.30. The van der Waals surface area contributed by atoms with Crippen molar-refractivity contribution in [2.24, 2.45) is 0 Å². The number of nitrogens with zero attached hydrogens (tertiary/aromatic N) is 2. The average Bonchev–Trinajstić information content (AvgIpc) is 2.33. The van der Waals surface area contributed by atoms with Crippen molar-refractivity contribution in [2.45, 2.75) is 20.8 Å². The van der Waals surface area contributed by atoms with Gasteiger partial charge in [0.15, 0.2) is 0 Å². The molecule has 0 saturated heterocycles. The van der Waals surface area contributed by atoms with Gasteiger partial charge in [-0.3, -0.25) is 4.98 Å². The van der Waals surface area contributed by atoms with Crippen LogP contribution >= 0.6 is 11.6 Å². The van der Waals surface area contributed by atoms with E-state index in [2.05, 4.69) is 16.4 Å². The standard InChI is InChI=1S/C15H14ClN3/c1-9-4-5-13(16)15(6-9)19-14-7-10(2)18-11(3)12(14)8-17/h4-7H,1-3H3,(H,18,19). The topological polar surface area (TPSA) is 48.7 Å². The Morgan fingerprint density at radius 2 is 1.89 bits per heavy atom. The number of hydrogen-bond acceptors (Lipinski definition) is 3. The number of halogens is 1. The van der Waals surface area contributed by atoms with E-state index in [-0.39, 0.29) is 0 Å². The first kappa shape index (κ1) is 13.4. The Balaban J connectivity index is 2.49. The summed E-state index contributed by atoms with van der Waals surface area (Å²) in [6.45, 7) is 5.72. The number of hydrogen-bond donors (Lipinski definition) is 1. The number of nitriles is 1. The van der Waals surface area contributed by atoms with Gasteiger partial charge in [-0.2, -0.15) is 5.26 Å². The van der Waals surface area contributed by atoms with Gasteiger partial charge in [-0.05, 0) is 44.5 Å². The first-order valence-electron chi connectivity index (χ1n) is 5.93. The molecule has 0 fully saturated rings. The van der Waals surface area contributed by atoms with Gasteiger partial charge >= 0.3 is 0 Å². The van der Waals surface area contributed by atoms with Gasteiger partial charge in [-0.25, -0.2) is 0 Å². The average molecular weight is 272 g/mol. The largest absolute Gasteiger partial charge is 0.353 e. The summed E-state index contributed by atoms with van der Waals surface area (Å²) in [6.07, 6.45) is 0. The fraction of sp³-hybridized carbons (Fsp3) is 0.200. The van der Waals surface area contributed by atoms with Crippen molar-refractivity contribution in [1.82, 2.24) is 4.98 Å². The molecule has 2 aromatic rings. The second-order valence-electron chi connectivity index (χ2n) is 4.49. The van der Waals surface area contributed by atoms with Crippen LogP contribution in [0, 0.1) is 32.1 Å². The van der Waals surface area contributed by atoms with Crippen LogP contribution in [0.1, 0.15) is 22.5 Å². The highest BCUT2D eigenvalue weighted by Crippen LogP contribution is 2.29. The van der Waals surface area contributed by atoms with E-state index in [4.69, 9.17) is 11.6 Å². The lowest BCUT2D eigenvalue weighted by atomic mass is 10.1. The van der Waals surface area contributed by atoms with E-state index in [1.807, 2.05) is 45.0 Å². The zero-order valence-corrected chi connectivity index (χ0v) is 11.8. The third kappa shape index (κ3) is 2.86. The van der Waals surface area contributed by atoms with Crippen molar-refractivity contribution in [2.75, 3.05) is 5.32 Å². The van der Waals surface area contributed by atoms with Crippen molar-refractivity contribution < 1.29 is 0 Å². The van der Waals surface area contributed by atoms with Crippen LogP contribution in [0.5, 0.6) is 0 Å². The number of nitrogens with one attached hydrogen (secondary N) is 1. The van der Waals surface area contributed by atoms with Crippen LogP contribution in [0.2, 0.25) is 5.02 Å². The van der Waals surface area contributed by atoms with Crippen molar-refractivity contribution in [1.29, 1.82) is 5.26 Å². The van der Waals surface area contributed by atoms with Crippen LogP contribution < -0.4 is 5.32 Å². The van der Waals surface area contributed by atoms with Crippen molar-refractivity contribution in [3.63, 3.8) is 0 Å². The Kier molecular flexibility index (Phi) is 3.73. The van der Waals surface area contributed by atoms with Crippen molar-refractivity contribution >= 4 is 23.0 Å². The van der Waals surface area contributed by atoms with Gasteiger partial charge in [-0.15, -0.1) is 0 Å². The predicted molar refractivity (Wildman–Crippen MR) is 77.9 cm³/mol. The van der Waals surface area contributed by atoms with Gasteiger partial charge in [-0.1, -0.05) is 17.7 Å². The molecule has 0 bridgehead atoms. The minimum atomic E-state index is 0.545. The molecule has 3 nitrogen and oxygen atoms in total. The minimum absolute atomic E-state index is 0.545. The number of aryl methyl sites for hydroxylation is 3. The second kappa shape index (κ2) is 5.29. The Labute approximate surface area is 117 Å². The van der Waals surface area contributed by atoms with E-state index in [1.54, 1.807) is 0 Å². The summed E-state index contributed by atoms with van der Waals surface area (Å²) in [7, 11) is 0. The Hall–Kier alpha value is -2.05. The number of aromatic nitrogens is 1. The first-order chi connectivity index (χ1) is 9.01. The van der Waals surface area contributed by atoms with Crippen LogP contribution in [0.25, 0.3) is 0 Å². The van der Waals surface area contributed by atoms with Gasteiger partial charge in [0, 0.05) is 5.69 Å². The molecule has 0 spiro atoms. The minimum Gasteiger partial charge on any atom is -0.353 e. The highest BCUT2D eigenvalue weighted by molar-refractivity contribution is 6.33. The summed E-state index contributed by atoms with van der Waals surface area (Å²) in [5.41, 5.74) is 4.76. The Bertz CT molecular complexity index is 672. The maximum atomic E-state index is 9.23. The molecular formula is C15H14ClN3. The summed E-state index contributed by atoms with van der Waals surface area (Å²) >= 11 is 6.16. The molecule has 0 unspecified atom stereocenters. The number of rotatable bonds is 2. The number of pyridine rings is 1. The van der Waals surface area contributed by atoms with Crippen LogP contribution in [0.4, 0.5) is 11.4 Å². The molecule has 0 aliphatic heterocycles. The van der Waals surface area contributed by atoms with Gasteiger partial charge in [0.2, 0.25) is 0 Å². The summed E-state index contributed by atoms with van der Waals surface area (Å²) in [6, 6.07) is 9.77.